The lowest BCUT2D eigenvalue weighted by molar-refractivity contribution is 0.537. The van der Waals surface area contributed by atoms with E-state index in [1.165, 1.54) is 12.1 Å². The number of hydrogen-bond donors (Lipinski definition) is 0. The van der Waals surface area contributed by atoms with Crippen LogP contribution in [0.15, 0.2) is 47.0 Å². The molecule has 0 aliphatic rings. The zero-order valence-electron chi connectivity index (χ0n) is 8.29. The molecule has 0 amide bonds. The molecule has 1 atom stereocenters. The largest absolute Gasteiger partial charge is 0.768 e. The molecule has 1 aromatic carbocycles. The summed E-state index contributed by atoms with van der Waals surface area (Å²) in [7, 11) is 0. The molecule has 0 N–H and O–H groups in total. The summed E-state index contributed by atoms with van der Waals surface area (Å²) in [4.78, 5) is 0.253. The molecule has 15 heavy (non-hydrogen) atoms. The van der Waals surface area contributed by atoms with Crippen LogP contribution in [-0.4, -0.2) is 15.0 Å². The molecule has 5 heteroatoms. The first-order valence-corrected chi connectivity index (χ1v) is 5.36. The average molecular weight is 223 g/mol. The number of rotatable bonds is 4. The fourth-order valence-corrected chi connectivity index (χ4v) is 1.41. The lowest BCUT2D eigenvalue weighted by Crippen LogP contribution is -2.06. The van der Waals surface area contributed by atoms with Crippen molar-refractivity contribution >= 4 is 23.0 Å². The van der Waals surface area contributed by atoms with Gasteiger partial charge in [-0.3, -0.25) is 4.21 Å². The summed E-state index contributed by atoms with van der Waals surface area (Å²) in [5.74, 6) is 0. The Balaban J connectivity index is 2.96. The molecule has 0 heterocycles. The van der Waals surface area contributed by atoms with E-state index in [9.17, 15) is 8.76 Å². The van der Waals surface area contributed by atoms with Gasteiger partial charge in [-0.05, 0) is 42.3 Å². The summed E-state index contributed by atoms with van der Waals surface area (Å²) in [6.45, 7) is 5.39. The molecular formula is C10H11N2O2S-. The Morgan fingerprint density at radius 3 is 2.47 bits per heavy atom. The topological polar surface area (TPSA) is 55.7 Å². The van der Waals surface area contributed by atoms with Crippen molar-refractivity contribution in [2.24, 2.45) is 5.10 Å². The van der Waals surface area contributed by atoms with Gasteiger partial charge in [0.1, 0.15) is 0 Å². The van der Waals surface area contributed by atoms with Crippen LogP contribution in [-0.2, 0) is 11.1 Å². The predicted molar refractivity (Wildman–Crippen MR) is 60.5 cm³/mol. The molecule has 0 aromatic heterocycles. The molecule has 0 fully saturated rings. The molecule has 1 aromatic rings. The van der Waals surface area contributed by atoms with Crippen LogP contribution in [0.1, 0.15) is 6.92 Å². The highest BCUT2D eigenvalue weighted by Crippen LogP contribution is 2.16. The summed E-state index contributed by atoms with van der Waals surface area (Å²) in [5, 5.41) is 5.58. The minimum Gasteiger partial charge on any atom is -0.768 e. The van der Waals surface area contributed by atoms with Gasteiger partial charge in [-0.2, -0.15) is 5.10 Å². The van der Waals surface area contributed by atoms with Gasteiger partial charge in [-0.15, -0.1) is 0 Å². The molecule has 0 aliphatic heterocycles. The number of benzene rings is 1. The molecule has 0 radical (unpaired) electrons. The molecule has 80 valence electrons. The van der Waals surface area contributed by atoms with Crippen molar-refractivity contribution in [3.05, 3.63) is 37.0 Å². The van der Waals surface area contributed by atoms with Crippen LogP contribution in [0, 0.1) is 0 Å². The minimum absolute atomic E-state index is 0.253. The first-order chi connectivity index (χ1) is 7.19. The Bertz CT molecular complexity index is 387. The van der Waals surface area contributed by atoms with E-state index in [1.54, 1.807) is 36.5 Å². The maximum absolute atomic E-state index is 10.6. The van der Waals surface area contributed by atoms with Crippen LogP contribution < -0.4 is 5.01 Å². The molecule has 0 saturated carbocycles. The van der Waals surface area contributed by atoms with Gasteiger partial charge < -0.3 is 4.55 Å². The Labute approximate surface area is 91.2 Å². The highest BCUT2D eigenvalue weighted by Gasteiger charge is 1.99. The van der Waals surface area contributed by atoms with Crippen molar-refractivity contribution in [2.75, 3.05) is 5.01 Å². The summed E-state index contributed by atoms with van der Waals surface area (Å²) in [6, 6.07) is 6.36. The van der Waals surface area contributed by atoms with Crippen molar-refractivity contribution in [2.45, 2.75) is 11.8 Å². The maximum Gasteiger partial charge on any atom is 0.0645 e. The van der Waals surface area contributed by atoms with E-state index < -0.39 is 11.1 Å². The van der Waals surface area contributed by atoms with Gasteiger partial charge >= 0.3 is 0 Å². The van der Waals surface area contributed by atoms with Gasteiger partial charge in [0.25, 0.3) is 0 Å². The molecule has 0 bridgehead atoms. The lowest BCUT2D eigenvalue weighted by Gasteiger charge is -2.14. The minimum atomic E-state index is -2.19. The number of hydrazone groups is 1. The quantitative estimate of drug-likeness (QED) is 0.445. The highest BCUT2D eigenvalue weighted by atomic mass is 32.2. The standard InChI is InChI=1S/C10H12N2O2S/c1-3-11-12(4-2)9-5-7-10(8-6-9)15(13)14/h3-8H,2H2,1H3,(H,13,14)/p-1/b11-3-. The SMILES string of the molecule is C=CN(/N=C\C)c1ccc(S(=O)[O-])cc1. The maximum atomic E-state index is 10.6. The fraction of sp³-hybridized carbons (Fsp3) is 0.100. The van der Waals surface area contributed by atoms with Crippen LogP contribution in [0.3, 0.4) is 0 Å². The Kier molecular flexibility index (Phi) is 4.20. The Morgan fingerprint density at radius 1 is 1.47 bits per heavy atom. The van der Waals surface area contributed by atoms with E-state index in [0.717, 1.165) is 5.69 Å². The Hall–Kier alpha value is -1.46. The second-order valence-electron chi connectivity index (χ2n) is 2.63. The summed E-state index contributed by atoms with van der Waals surface area (Å²) < 4.78 is 21.2. The molecule has 0 aliphatic carbocycles. The van der Waals surface area contributed by atoms with E-state index in [1.807, 2.05) is 0 Å². The van der Waals surface area contributed by atoms with Crippen LogP contribution >= 0.6 is 0 Å². The smallest absolute Gasteiger partial charge is 0.0645 e. The molecular weight excluding hydrogens is 212 g/mol. The van der Waals surface area contributed by atoms with Gasteiger partial charge in [0.2, 0.25) is 0 Å². The van der Waals surface area contributed by atoms with Crippen molar-refractivity contribution < 1.29 is 8.76 Å². The fourth-order valence-electron chi connectivity index (χ4n) is 1.05. The van der Waals surface area contributed by atoms with Gasteiger partial charge in [0, 0.05) is 17.3 Å². The summed E-state index contributed by atoms with van der Waals surface area (Å²) in [6.07, 6.45) is 3.17. The third-order valence-electron chi connectivity index (χ3n) is 1.71. The average Bonchev–Trinajstić information content (AvgIpc) is 2.26. The van der Waals surface area contributed by atoms with Gasteiger partial charge in [0.05, 0.1) is 5.69 Å². The third-order valence-corrected chi connectivity index (χ3v) is 2.36. The van der Waals surface area contributed by atoms with E-state index in [2.05, 4.69) is 11.7 Å². The van der Waals surface area contributed by atoms with Crippen LogP contribution in [0.2, 0.25) is 0 Å². The third kappa shape index (κ3) is 3.00. The molecule has 1 rings (SSSR count). The lowest BCUT2D eigenvalue weighted by atomic mass is 10.3. The highest BCUT2D eigenvalue weighted by molar-refractivity contribution is 7.79. The normalized spacial score (nSPS) is 12.7. The number of anilines is 1. The van der Waals surface area contributed by atoms with Crippen LogP contribution in [0.25, 0.3) is 0 Å². The van der Waals surface area contributed by atoms with E-state index in [0.29, 0.717) is 0 Å². The first kappa shape index (κ1) is 11.6. The predicted octanol–water partition coefficient (Wildman–Crippen LogP) is 1.88. The van der Waals surface area contributed by atoms with E-state index in [-0.39, 0.29) is 4.90 Å². The van der Waals surface area contributed by atoms with E-state index >= 15 is 0 Å². The van der Waals surface area contributed by atoms with Gasteiger partial charge in [-0.25, -0.2) is 5.01 Å². The monoisotopic (exact) mass is 223 g/mol. The Morgan fingerprint density at radius 2 is 2.07 bits per heavy atom. The molecule has 1 unspecified atom stereocenters. The zero-order chi connectivity index (χ0) is 11.3. The molecule has 0 spiro atoms. The number of nitrogens with zero attached hydrogens (tertiary/aromatic N) is 2. The molecule has 0 saturated heterocycles. The molecule has 4 nitrogen and oxygen atoms in total. The number of hydrogen-bond acceptors (Lipinski definition) is 4. The van der Waals surface area contributed by atoms with Crippen LogP contribution in [0.5, 0.6) is 0 Å². The van der Waals surface area contributed by atoms with Crippen LogP contribution in [0.4, 0.5) is 5.69 Å². The van der Waals surface area contributed by atoms with Crippen molar-refractivity contribution in [1.82, 2.24) is 0 Å². The summed E-state index contributed by atoms with van der Waals surface area (Å²) >= 11 is -2.19. The van der Waals surface area contributed by atoms with E-state index in [4.69, 9.17) is 0 Å². The van der Waals surface area contributed by atoms with Crippen molar-refractivity contribution in [1.29, 1.82) is 0 Å². The van der Waals surface area contributed by atoms with Gasteiger partial charge in [-0.1, -0.05) is 6.58 Å². The van der Waals surface area contributed by atoms with Gasteiger partial charge in [0.15, 0.2) is 0 Å². The van der Waals surface area contributed by atoms with Crippen molar-refractivity contribution in [3.63, 3.8) is 0 Å². The summed E-state index contributed by atoms with van der Waals surface area (Å²) in [5.41, 5.74) is 0.761. The zero-order valence-corrected chi connectivity index (χ0v) is 9.11. The second-order valence-corrected chi connectivity index (χ2v) is 3.57. The van der Waals surface area contributed by atoms with Crippen molar-refractivity contribution in [3.8, 4) is 0 Å². The first-order valence-electron chi connectivity index (χ1n) is 4.28. The second kappa shape index (κ2) is 5.43.